The maximum Gasteiger partial charge on any atom is 0.258 e. The Bertz CT molecular complexity index is 1290. The maximum atomic E-state index is 13.3. The SMILES string of the molecule is COc1ccc(N(CC(=O)Nc2ccc(-c3csc(N)n3)cc2)C(=O)c2ccc(C)cc2)cc1.Cl. The van der Waals surface area contributed by atoms with Crippen LogP contribution in [0.3, 0.4) is 0 Å². The van der Waals surface area contributed by atoms with Crippen molar-refractivity contribution in [3.8, 4) is 17.0 Å². The predicted molar refractivity (Wildman–Crippen MR) is 144 cm³/mol. The molecular formula is C26H25ClN4O3S. The van der Waals surface area contributed by atoms with Crippen molar-refractivity contribution in [1.29, 1.82) is 0 Å². The molecule has 0 aliphatic carbocycles. The van der Waals surface area contributed by atoms with E-state index < -0.39 is 0 Å². The van der Waals surface area contributed by atoms with Gasteiger partial charge in [-0.25, -0.2) is 4.98 Å². The number of rotatable bonds is 7. The molecular weight excluding hydrogens is 484 g/mol. The van der Waals surface area contributed by atoms with E-state index in [0.29, 0.717) is 27.8 Å². The van der Waals surface area contributed by atoms with Crippen molar-refractivity contribution in [2.24, 2.45) is 0 Å². The molecule has 0 bridgehead atoms. The van der Waals surface area contributed by atoms with Crippen molar-refractivity contribution in [1.82, 2.24) is 4.98 Å². The molecule has 4 aromatic rings. The minimum Gasteiger partial charge on any atom is -0.497 e. The van der Waals surface area contributed by atoms with Crippen LogP contribution in [0.2, 0.25) is 0 Å². The van der Waals surface area contributed by atoms with Gasteiger partial charge in [0.25, 0.3) is 5.91 Å². The molecule has 9 heteroatoms. The lowest BCUT2D eigenvalue weighted by atomic mass is 10.1. The first-order valence-electron chi connectivity index (χ1n) is 10.6. The Labute approximate surface area is 214 Å². The molecule has 2 amide bonds. The average molecular weight is 509 g/mol. The van der Waals surface area contributed by atoms with Crippen LogP contribution in [0, 0.1) is 6.92 Å². The van der Waals surface area contributed by atoms with Crippen molar-refractivity contribution in [3.63, 3.8) is 0 Å². The molecule has 1 aromatic heterocycles. The molecule has 3 N–H and O–H groups in total. The third kappa shape index (κ3) is 6.38. The number of nitrogens with zero attached hydrogens (tertiary/aromatic N) is 2. The second-order valence-electron chi connectivity index (χ2n) is 7.65. The molecule has 7 nitrogen and oxygen atoms in total. The average Bonchev–Trinajstić information content (AvgIpc) is 3.29. The Kier molecular flexibility index (Phi) is 8.46. The van der Waals surface area contributed by atoms with Crippen LogP contribution in [0.25, 0.3) is 11.3 Å². The maximum absolute atomic E-state index is 13.3. The monoisotopic (exact) mass is 508 g/mol. The number of methoxy groups -OCH3 is 1. The van der Waals surface area contributed by atoms with Crippen molar-refractivity contribution in [2.75, 3.05) is 29.6 Å². The van der Waals surface area contributed by atoms with Crippen LogP contribution < -0.4 is 20.7 Å². The van der Waals surface area contributed by atoms with E-state index in [1.807, 2.05) is 36.6 Å². The number of aromatic nitrogens is 1. The molecule has 0 spiro atoms. The second kappa shape index (κ2) is 11.5. The molecule has 0 aliphatic heterocycles. The smallest absolute Gasteiger partial charge is 0.258 e. The van der Waals surface area contributed by atoms with Crippen molar-refractivity contribution < 1.29 is 14.3 Å². The largest absolute Gasteiger partial charge is 0.497 e. The summed E-state index contributed by atoms with van der Waals surface area (Å²) >= 11 is 1.37. The Morgan fingerprint density at radius 1 is 1.00 bits per heavy atom. The van der Waals surface area contributed by atoms with Gasteiger partial charge in [0.2, 0.25) is 5.91 Å². The standard InChI is InChI=1S/C26H24N4O3S.ClH/c1-17-3-5-19(6-4-17)25(32)30(21-11-13-22(33-2)14-12-21)15-24(31)28-20-9-7-18(8-10-20)23-16-34-26(27)29-23;/h3-14,16H,15H2,1-2H3,(H2,27,29)(H,28,31);1H. The number of aryl methyl sites for hydroxylation is 1. The molecule has 3 aromatic carbocycles. The Hall–Kier alpha value is -3.88. The molecule has 180 valence electrons. The van der Waals surface area contributed by atoms with Gasteiger partial charge in [0.05, 0.1) is 12.8 Å². The van der Waals surface area contributed by atoms with Gasteiger partial charge in [0, 0.05) is 27.9 Å². The summed E-state index contributed by atoms with van der Waals surface area (Å²) in [6.45, 7) is 1.81. The van der Waals surface area contributed by atoms with Crippen LogP contribution in [-0.2, 0) is 4.79 Å². The molecule has 0 aliphatic rings. The van der Waals surface area contributed by atoms with Gasteiger partial charge in [-0.3, -0.25) is 14.5 Å². The number of amides is 2. The van der Waals surface area contributed by atoms with Crippen LogP contribution in [-0.4, -0.2) is 30.5 Å². The summed E-state index contributed by atoms with van der Waals surface area (Å²) in [5.74, 6) is 0.0802. The van der Waals surface area contributed by atoms with E-state index in [2.05, 4.69) is 10.3 Å². The zero-order valence-electron chi connectivity index (χ0n) is 19.2. The molecule has 0 saturated carbocycles. The van der Waals surface area contributed by atoms with Crippen LogP contribution >= 0.6 is 23.7 Å². The summed E-state index contributed by atoms with van der Waals surface area (Å²) in [4.78, 5) is 31.9. The molecule has 0 unspecified atom stereocenters. The van der Waals surface area contributed by atoms with Gasteiger partial charge in [0.1, 0.15) is 12.3 Å². The second-order valence-corrected chi connectivity index (χ2v) is 8.54. The zero-order valence-corrected chi connectivity index (χ0v) is 20.9. The fourth-order valence-electron chi connectivity index (χ4n) is 3.38. The number of benzene rings is 3. The molecule has 4 rings (SSSR count). The normalized spacial score (nSPS) is 10.2. The Morgan fingerprint density at radius 3 is 2.23 bits per heavy atom. The van der Waals surface area contributed by atoms with Gasteiger partial charge in [-0.05, 0) is 55.5 Å². The quantitative estimate of drug-likeness (QED) is 0.347. The van der Waals surface area contributed by atoms with Crippen molar-refractivity contribution in [3.05, 3.63) is 89.3 Å². The zero-order chi connectivity index (χ0) is 24.1. The number of carbonyl (C=O) groups excluding carboxylic acids is 2. The highest BCUT2D eigenvalue weighted by Gasteiger charge is 2.21. The van der Waals surface area contributed by atoms with E-state index >= 15 is 0 Å². The Morgan fingerprint density at radius 2 is 1.66 bits per heavy atom. The minimum atomic E-state index is -0.318. The van der Waals surface area contributed by atoms with Gasteiger partial charge in [-0.1, -0.05) is 29.8 Å². The van der Waals surface area contributed by atoms with E-state index in [1.54, 1.807) is 55.6 Å². The number of nitrogens with two attached hydrogens (primary N) is 1. The lowest BCUT2D eigenvalue weighted by molar-refractivity contribution is -0.114. The summed E-state index contributed by atoms with van der Waals surface area (Å²) in [5.41, 5.74) is 10.2. The highest BCUT2D eigenvalue weighted by atomic mass is 35.5. The number of anilines is 3. The van der Waals surface area contributed by atoms with Crippen LogP contribution in [0.5, 0.6) is 5.75 Å². The van der Waals surface area contributed by atoms with Crippen molar-refractivity contribution in [2.45, 2.75) is 6.92 Å². The van der Waals surface area contributed by atoms with Gasteiger partial charge in [-0.2, -0.15) is 0 Å². The minimum absolute atomic E-state index is 0. The molecule has 0 radical (unpaired) electrons. The number of halogens is 1. The first-order chi connectivity index (χ1) is 16.4. The van der Waals surface area contributed by atoms with E-state index in [9.17, 15) is 9.59 Å². The van der Waals surface area contributed by atoms with E-state index in [1.165, 1.54) is 16.2 Å². The summed E-state index contributed by atoms with van der Waals surface area (Å²) in [6.07, 6.45) is 0. The van der Waals surface area contributed by atoms with Crippen LogP contribution in [0.1, 0.15) is 15.9 Å². The molecule has 1 heterocycles. The number of hydrogen-bond acceptors (Lipinski definition) is 6. The van der Waals surface area contributed by atoms with Gasteiger partial charge >= 0.3 is 0 Å². The number of nitrogens with one attached hydrogen (secondary N) is 1. The number of ether oxygens (including phenoxy) is 1. The number of thiazole rings is 1. The summed E-state index contributed by atoms with van der Waals surface area (Å²) < 4.78 is 5.22. The fourth-order valence-corrected chi connectivity index (χ4v) is 3.96. The molecule has 0 saturated heterocycles. The van der Waals surface area contributed by atoms with Crippen LogP contribution in [0.15, 0.2) is 78.2 Å². The van der Waals surface area contributed by atoms with E-state index in [4.69, 9.17) is 10.5 Å². The Balaban J connectivity index is 0.00000342. The van der Waals surface area contributed by atoms with Crippen molar-refractivity contribution >= 4 is 52.1 Å². The number of nitrogen functional groups attached to an aromatic ring is 1. The number of carbonyl (C=O) groups is 2. The van der Waals surface area contributed by atoms with E-state index in [0.717, 1.165) is 16.8 Å². The summed E-state index contributed by atoms with van der Waals surface area (Å²) in [7, 11) is 1.58. The number of hydrogen-bond donors (Lipinski definition) is 2. The highest BCUT2D eigenvalue weighted by Crippen LogP contribution is 2.25. The molecule has 0 atom stereocenters. The third-order valence-corrected chi connectivity index (χ3v) is 5.89. The lowest BCUT2D eigenvalue weighted by Crippen LogP contribution is -2.38. The molecule has 0 fully saturated rings. The van der Waals surface area contributed by atoms with Gasteiger partial charge in [-0.15, -0.1) is 23.7 Å². The summed E-state index contributed by atoms with van der Waals surface area (Å²) in [6, 6.07) is 21.6. The first kappa shape index (κ1) is 25.7. The van der Waals surface area contributed by atoms with Gasteiger partial charge in [0.15, 0.2) is 5.13 Å². The van der Waals surface area contributed by atoms with Gasteiger partial charge < -0.3 is 15.8 Å². The third-order valence-electron chi connectivity index (χ3n) is 5.22. The topological polar surface area (TPSA) is 97.6 Å². The fraction of sp³-hybridized carbons (Fsp3) is 0.115. The highest BCUT2D eigenvalue weighted by molar-refractivity contribution is 7.13. The predicted octanol–water partition coefficient (Wildman–Crippen LogP) is 5.42. The van der Waals surface area contributed by atoms with Crippen LogP contribution in [0.4, 0.5) is 16.5 Å². The van der Waals surface area contributed by atoms with E-state index in [-0.39, 0.29) is 30.8 Å². The molecule has 35 heavy (non-hydrogen) atoms. The summed E-state index contributed by atoms with van der Waals surface area (Å²) in [5, 5.41) is 5.25. The first-order valence-corrected chi connectivity index (χ1v) is 11.4. The lowest BCUT2D eigenvalue weighted by Gasteiger charge is -2.23.